The smallest absolute Gasteiger partial charge is 0.325 e. The quantitative estimate of drug-likeness (QED) is 0.491. The molecule has 10 nitrogen and oxygen atoms in total. The van der Waals surface area contributed by atoms with Crippen molar-refractivity contribution in [3.63, 3.8) is 0 Å². The number of rotatable bonds is 8. The highest BCUT2D eigenvalue weighted by Gasteiger charge is 2.52. The molecule has 0 unspecified atom stereocenters. The van der Waals surface area contributed by atoms with Gasteiger partial charge in [0.2, 0.25) is 5.91 Å². The van der Waals surface area contributed by atoms with Crippen molar-refractivity contribution in [2.45, 2.75) is 42.5 Å². The van der Waals surface area contributed by atoms with Gasteiger partial charge in [0.05, 0.1) is 12.0 Å². The first-order valence-electron chi connectivity index (χ1n) is 10.9. The van der Waals surface area contributed by atoms with E-state index in [4.69, 9.17) is 4.74 Å². The molecular weight excluding hydrogens is 460 g/mol. The highest BCUT2D eigenvalue weighted by molar-refractivity contribution is 7.92. The normalized spacial score (nSPS) is 17.0. The summed E-state index contributed by atoms with van der Waals surface area (Å²) in [5.41, 5.74) is -0.00900. The molecule has 0 radical (unpaired) electrons. The predicted octanol–water partition coefficient (Wildman–Crippen LogP) is 2.69. The number of nitrogens with zero attached hydrogens (tertiary/aromatic N) is 1. The number of ether oxygens (including phenoxy) is 1. The Hall–Kier alpha value is -3.60. The second-order valence-electron chi connectivity index (χ2n) is 8.33. The Morgan fingerprint density at radius 3 is 2.26 bits per heavy atom. The van der Waals surface area contributed by atoms with E-state index in [1.807, 2.05) is 0 Å². The summed E-state index contributed by atoms with van der Waals surface area (Å²) in [6, 6.07) is 11.7. The Labute approximate surface area is 197 Å². The van der Waals surface area contributed by atoms with Gasteiger partial charge in [-0.25, -0.2) is 13.2 Å². The van der Waals surface area contributed by atoms with Crippen LogP contribution in [0.4, 0.5) is 16.2 Å². The van der Waals surface area contributed by atoms with E-state index in [0.29, 0.717) is 30.0 Å². The molecule has 1 aliphatic carbocycles. The van der Waals surface area contributed by atoms with Gasteiger partial charge in [-0.1, -0.05) is 12.8 Å². The van der Waals surface area contributed by atoms with Gasteiger partial charge in [0.25, 0.3) is 15.9 Å². The molecular formula is C23H26N4O6S. The van der Waals surface area contributed by atoms with Crippen molar-refractivity contribution in [3.05, 3.63) is 48.5 Å². The van der Waals surface area contributed by atoms with Gasteiger partial charge < -0.3 is 15.4 Å². The fraction of sp³-hybridized carbons (Fsp3) is 0.348. The van der Waals surface area contributed by atoms with Crippen LogP contribution in [-0.2, 0) is 19.6 Å². The topological polar surface area (TPSA) is 134 Å². The lowest BCUT2D eigenvalue weighted by Crippen LogP contribution is -2.44. The first kappa shape index (κ1) is 23.6. The summed E-state index contributed by atoms with van der Waals surface area (Å²) < 4.78 is 32.7. The molecule has 0 bridgehead atoms. The Bertz CT molecular complexity index is 1190. The van der Waals surface area contributed by atoms with Gasteiger partial charge >= 0.3 is 6.03 Å². The lowest BCUT2D eigenvalue weighted by Gasteiger charge is -2.19. The van der Waals surface area contributed by atoms with E-state index in [1.165, 1.54) is 31.4 Å². The van der Waals surface area contributed by atoms with Crippen LogP contribution in [0.2, 0.25) is 0 Å². The Kier molecular flexibility index (Phi) is 6.47. The number of methoxy groups -OCH3 is 1. The number of sulfonamides is 1. The van der Waals surface area contributed by atoms with Crippen molar-refractivity contribution in [1.29, 1.82) is 0 Å². The molecule has 4 rings (SSSR count). The number of hydrogen-bond acceptors (Lipinski definition) is 6. The van der Waals surface area contributed by atoms with Gasteiger partial charge in [0.1, 0.15) is 11.3 Å². The van der Waals surface area contributed by atoms with E-state index in [2.05, 4.69) is 15.4 Å². The molecule has 11 heteroatoms. The van der Waals surface area contributed by atoms with Crippen LogP contribution in [0.5, 0.6) is 5.75 Å². The SMILES string of the molecule is COc1ccc(NS(=O)(=O)c2ccc(NC(=O)CCN3C(=O)NC4(CCCC4)C3=O)cc2)cc1. The minimum Gasteiger partial charge on any atom is -0.497 e. The molecule has 1 saturated heterocycles. The number of amides is 4. The van der Waals surface area contributed by atoms with E-state index >= 15 is 0 Å². The summed E-state index contributed by atoms with van der Waals surface area (Å²) in [6.45, 7) is -0.0174. The lowest BCUT2D eigenvalue weighted by atomic mass is 9.98. The average Bonchev–Trinajstić information content (AvgIpc) is 3.37. The van der Waals surface area contributed by atoms with Crippen molar-refractivity contribution in [3.8, 4) is 5.75 Å². The van der Waals surface area contributed by atoms with Crippen molar-refractivity contribution in [1.82, 2.24) is 10.2 Å². The van der Waals surface area contributed by atoms with Crippen molar-refractivity contribution in [2.24, 2.45) is 0 Å². The van der Waals surface area contributed by atoms with Crippen LogP contribution in [0.15, 0.2) is 53.4 Å². The van der Waals surface area contributed by atoms with Crippen LogP contribution in [0.1, 0.15) is 32.1 Å². The molecule has 1 aliphatic heterocycles. The van der Waals surface area contributed by atoms with E-state index in [9.17, 15) is 22.8 Å². The molecule has 1 saturated carbocycles. The largest absolute Gasteiger partial charge is 0.497 e. The lowest BCUT2D eigenvalue weighted by molar-refractivity contribution is -0.131. The summed E-state index contributed by atoms with van der Waals surface area (Å²) in [5, 5.41) is 5.44. The van der Waals surface area contributed by atoms with Gasteiger partial charge in [-0.15, -0.1) is 0 Å². The number of hydrogen-bond donors (Lipinski definition) is 3. The zero-order valence-electron chi connectivity index (χ0n) is 18.7. The average molecular weight is 487 g/mol. The Morgan fingerprint density at radius 1 is 1.03 bits per heavy atom. The van der Waals surface area contributed by atoms with Gasteiger partial charge in [-0.05, 0) is 61.4 Å². The second-order valence-corrected chi connectivity index (χ2v) is 10.0. The molecule has 2 aromatic rings. The first-order chi connectivity index (χ1) is 16.2. The fourth-order valence-corrected chi connectivity index (χ4v) is 5.28. The molecule has 34 heavy (non-hydrogen) atoms. The molecule has 2 fully saturated rings. The van der Waals surface area contributed by atoms with Gasteiger partial charge in [-0.2, -0.15) is 0 Å². The number of carbonyl (C=O) groups excluding carboxylic acids is 3. The standard InChI is InChI=1S/C23H26N4O6S/c1-33-18-8-4-17(5-9-18)26-34(31,32)19-10-6-16(7-11-19)24-20(28)12-15-27-21(29)23(25-22(27)30)13-2-3-14-23/h4-11,26H,2-3,12-15H2,1H3,(H,24,28)(H,25,30). The molecule has 2 aliphatic rings. The molecule has 180 valence electrons. The van der Waals surface area contributed by atoms with Crippen LogP contribution in [0.25, 0.3) is 0 Å². The molecule has 3 N–H and O–H groups in total. The molecule has 0 aromatic heterocycles. The zero-order chi connectivity index (χ0) is 24.3. The summed E-state index contributed by atoms with van der Waals surface area (Å²) >= 11 is 0. The highest BCUT2D eigenvalue weighted by atomic mass is 32.2. The third kappa shape index (κ3) is 4.84. The minimum absolute atomic E-state index is 0.0174. The zero-order valence-corrected chi connectivity index (χ0v) is 19.5. The van der Waals surface area contributed by atoms with E-state index in [1.54, 1.807) is 24.3 Å². The van der Waals surface area contributed by atoms with E-state index < -0.39 is 21.6 Å². The van der Waals surface area contributed by atoms with Crippen molar-refractivity contribution >= 4 is 39.2 Å². The molecule has 1 spiro atoms. The predicted molar refractivity (Wildman–Crippen MR) is 125 cm³/mol. The van der Waals surface area contributed by atoms with E-state index in [-0.39, 0.29) is 29.7 Å². The third-order valence-electron chi connectivity index (χ3n) is 6.06. The third-order valence-corrected chi connectivity index (χ3v) is 7.45. The van der Waals surface area contributed by atoms with E-state index in [0.717, 1.165) is 17.7 Å². The van der Waals surface area contributed by atoms with Crippen molar-refractivity contribution < 1.29 is 27.5 Å². The summed E-state index contributed by atoms with van der Waals surface area (Å²) in [4.78, 5) is 38.3. The molecule has 1 heterocycles. The maximum absolute atomic E-state index is 12.6. The van der Waals surface area contributed by atoms with Crippen molar-refractivity contribution in [2.75, 3.05) is 23.7 Å². The van der Waals surface area contributed by atoms with Gasteiger partial charge in [-0.3, -0.25) is 19.2 Å². The van der Waals surface area contributed by atoms with Crippen LogP contribution in [0.3, 0.4) is 0 Å². The van der Waals surface area contributed by atoms with Crippen LogP contribution in [0, 0.1) is 0 Å². The molecule has 2 aromatic carbocycles. The molecule has 4 amide bonds. The first-order valence-corrected chi connectivity index (χ1v) is 12.4. The molecule has 0 atom stereocenters. The maximum Gasteiger partial charge on any atom is 0.325 e. The van der Waals surface area contributed by atoms with Crippen LogP contribution < -0.4 is 20.1 Å². The fourth-order valence-electron chi connectivity index (χ4n) is 4.22. The monoisotopic (exact) mass is 486 g/mol. The van der Waals surface area contributed by atoms with Crippen LogP contribution in [-0.4, -0.2) is 50.4 Å². The number of urea groups is 1. The number of imide groups is 1. The Balaban J connectivity index is 1.32. The maximum atomic E-state index is 12.6. The highest BCUT2D eigenvalue weighted by Crippen LogP contribution is 2.35. The number of nitrogens with one attached hydrogen (secondary N) is 3. The summed E-state index contributed by atoms with van der Waals surface area (Å²) in [7, 11) is -2.29. The number of carbonyl (C=O) groups is 3. The number of benzene rings is 2. The van der Waals surface area contributed by atoms with Gasteiger partial charge in [0, 0.05) is 24.3 Å². The number of anilines is 2. The summed E-state index contributed by atoms with van der Waals surface area (Å²) in [5.74, 6) is -0.0440. The summed E-state index contributed by atoms with van der Waals surface area (Å²) in [6.07, 6.45) is 2.98. The Morgan fingerprint density at radius 2 is 1.65 bits per heavy atom. The van der Waals surface area contributed by atoms with Gasteiger partial charge in [0.15, 0.2) is 0 Å². The second kappa shape index (κ2) is 9.34. The minimum atomic E-state index is -3.81. The van der Waals surface area contributed by atoms with Crippen LogP contribution >= 0.6 is 0 Å².